The van der Waals surface area contributed by atoms with Gasteiger partial charge in [0.25, 0.3) is 0 Å². The van der Waals surface area contributed by atoms with Crippen LogP contribution in [0.2, 0.25) is 0 Å². The molecule has 2 saturated carbocycles. The standard InChI is InChI=1S/C17H26O3/c1-10(2)8-11(15(19)20)9-12-13-6-7-17(5,14(12)18)16(13,3)4/h9-11,13H,6-8H2,1-5H3,(H,19,20)/b12-9-/t11-,13-,17-/m1/s1. The van der Waals surface area contributed by atoms with Crippen LogP contribution in [0.25, 0.3) is 0 Å². The van der Waals surface area contributed by atoms with Crippen LogP contribution < -0.4 is 0 Å². The number of Topliss-reactive ketones (excluding diaryl/α,β-unsaturated/α-hetero) is 1. The van der Waals surface area contributed by atoms with Gasteiger partial charge in [0.05, 0.1) is 5.92 Å². The summed E-state index contributed by atoms with van der Waals surface area (Å²) in [5, 5.41) is 9.38. The van der Waals surface area contributed by atoms with Crippen LogP contribution in [0.15, 0.2) is 11.6 Å². The highest BCUT2D eigenvalue weighted by Gasteiger charge is 2.63. The van der Waals surface area contributed by atoms with Crippen LogP contribution >= 0.6 is 0 Å². The molecule has 2 fully saturated rings. The van der Waals surface area contributed by atoms with Crippen LogP contribution in [0.3, 0.4) is 0 Å². The molecule has 3 nitrogen and oxygen atoms in total. The van der Waals surface area contributed by atoms with Gasteiger partial charge < -0.3 is 5.11 Å². The van der Waals surface area contributed by atoms with Gasteiger partial charge in [-0.3, -0.25) is 9.59 Å². The Morgan fingerprint density at radius 1 is 1.40 bits per heavy atom. The molecule has 2 aliphatic rings. The van der Waals surface area contributed by atoms with Gasteiger partial charge in [-0.05, 0) is 42.1 Å². The Bertz CT molecular complexity index is 473. The molecule has 0 saturated heterocycles. The van der Waals surface area contributed by atoms with E-state index in [-0.39, 0.29) is 22.5 Å². The van der Waals surface area contributed by atoms with Crippen LogP contribution in [-0.2, 0) is 9.59 Å². The fourth-order valence-corrected chi connectivity index (χ4v) is 4.08. The third kappa shape index (κ3) is 2.02. The maximum Gasteiger partial charge on any atom is 0.310 e. The quantitative estimate of drug-likeness (QED) is 0.798. The number of ketones is 1. The first-order valence-corrected chi connectivity index (χ1v) is 7.60. The van der Waals surface area contributed by atoms with E-state index < -0.39 is 11.9 Å². The van der Waals surface area contributed by atoms with E-state index in [0.717, 1.165) is 18.4 Å². The first-order chi connectivity index (χ1) is 9.11. The summed E-state index contributed by atoms with van der Waals surface area (Å²) in [7, 11) is 0. The van der Waals surface area contributed by atoms with Crippen molar-refractivity contribution >= 4 is 11.8 Å². The number of carbonyl (C=O) groups excluding carboxylic acids is 1. The molecule has 0 radical (unpaired) electrons. The number of carboxylic acids is 1. The molecule has 1 N–H and O–H groups in total. The molecule has 3 heteroatoms. The normalized spacial score (nSPS) is 35.0. The average molecular weight is 278 g/mol. The summed E-state index contributed by atoms with van der Waals surface area (Å²) in [5.41, 5.74) is 0.443. The molecule has 112 valence electrons. The lowest BCUT2D eigenvalue weighted by atomic mass is 9.70. The van der Waals surface area contributed by atoms with Crippen LogP contribution in [0.5, 0.6) is 0 Å². The van der Waals surface area contributed by atoms with E-state index in [9.17, 15) is 14.7 Å². The number of rotatable bonds is 4. The van der Waals surface area contributed by atoms with Crippen molar-refractivity contribution in [1.82, 2.24) is 0 Å². The van der Waals surface area contributed by atoms with Crippen molar-refractivity contribution in [2.45, 2.75) is 53.9 Å². The number of carbonyl (C=O) groups is 2. The van der Waals surface area contributed by atoms with Crippen molar-refractivity contribution in [1.29, 1.82) is 0 Å². The number of allylic oxidation sites excluding steroid dienone is 1. The molecule has 2 rings (SSSR count). The van der Waals surface area contributed by atoms with E-state index >= 15 is 0 Å². The maximum absolute atomic E-state index is 12.7. The molecule has 0 aromatic rings. The summed E-state index contributed by atoms with van der Waals surface area (Å²) in [6.07, 6.45) is 4.30. The Balaban J connectivity index is 2.36. The molecule has 2 bridgehead atoms. The average Bonchev–Trinajstić information content (AvgIpc) is 2.62. The molecule has 0 spiro atoms. The zero-order valence-electron chi connectivity index (χ0n) is 13.2. The number of carboxylic acid groups (broad SMARTS) is 1. The fourth-order valence-electron chi connectivity index (χ4n) is 4.08. The zero-order chi connectivity index (χ0) is 15.3. The highest BCUT2D eigenvalue weighted by Crippen LogP contribution is 2.65. The van der Waals surface area contributed by atoms with E-state index in [1.807, 2.05) is 20.8 Å². The Morgan fingerprint density at radius 3 is 2.40 bits per heavy atom. The molecule has 20 heavy (non-hydrogen) atoms. The first-order valence-electron chi connectivity index (χ1n) is 7.60. The van der Waals surface area contributed by atoms with E-state index in [4.69, 9.17) is 0 Å². The highest BCUT2D eigenvalue weighted by molar-refractivity contribution is 6.05. The van der Waals surface area contributed by atoms with Gasteiger partial charge in [-0.15, -0.1) is 0 Å². The summed E-state index contributed by atoms with van der Waals surface area (Å²) in [6.45, 7) is 10.4. The molecular formula is C17H26O3. The largest absolute Gasteiger partial charge is 0.481 e. The van der Waals surface area contributed by atoms with Gasteiger partial charge in [0.1, 0.15) is 0 Å². The van der Waals surface area contributed by atoms with Gasteiger partial charge in [0, 0.05) is 5.41 Å². The SMILES string of the molecule is CC(C)C[C@H](/C=C1\C(=O)[C@@]2(C)CC[C@H]1C2(C)C)C(=O)O. The van der Waals surface area contributed by atoms with Gasteiger partial charge in [0.15, 0.2) is 5.78 Å². The van der Waals surface area contributed by atoms with Crippen LogP contribution in [0.4, 0.5) is 0 Å². The number of fused-ring (bicyclic) bond motifs is 2. The minimum absolute atomic E-state index is 0.0448. The molecule has 0 aliphatic heterocycles. The van der Waals surface area contributed by atoms with Crippen molar-refractivity contribution in [3.63, 3.8) is 0 Å². The lowest BCUT2D eigenvalue weighted by Crippen LogP contribution is -2.32. The molecule has 0 heterocycles. The predicted molar refractivity (Wildman–Crippen MR) is 78.3 cm³/mol. The Kier molecular flexibility index (Phi) is 3.60. The van der Waals surface area contributed by atoms with Gasteiger partial charge >= 0.3 is 5.97 Å². The lowest BCUT2D eigenvalue weighted by Gasteiger charge is -2.31. The van der Waals surface area contributed by atoms with E-state index in [2.05, 4.69) is 13.8 Å². The summed E-state index contributed by atoms with van der Waals surface area (Å²) >= 11 is 0. The maximum atomic E-state index is 12.7. The third-order valence-electron chi connectivity index (χ3n) is 5.79. The monoisotopic (exact) mass is 278 g/mol. The fraction of sp³-hybridized carbons (Fsp3) is 0.765. The molecule has 0 amide bonds. The molecule has 3 atom stereocenters. The van der Waals surface area contributed by atoms with Gasteiger partial charge in [-0.2, -0.15) is 0 Å². The number of aliphatic carboxylic acids is 1. The number of hydrogen-bond donors (Lipinski definition) is 1. The number of hydrogen-bond acceptors (Lipinski definition) is 2. The second kappa shape index (κ2) is 4.71. The van der Waals surface area contributed by atoms with Crippen molar-refractivity contribution in [3.05, 3.63) is 11.6 Å². The van der Waals surface area contributed by atoms with E-state index in [1.165, 1.54) is 0 Å². The van der Waals surface area contributed by atoms with Gasteiger partial charge in [-0.1, -0.05) is 40.7 Å². The topological polar surface area (TPSA) is 54.4 Å². The Morgan fingerprint density at radius 2 is 2.00 bits per heavy atom. The summed E-state index contributed by atoms with van der Waals surface area (Å²) in [4.78, 5) is 24.1. The van der Waals surface area contributed by atoms with Crippen molar-refractivity contribution < 1.29 is 14.7 Å². The molecule has 0 aromatic carbocycles. The van der Waals surface area contributed by atoms with Crippen LogP contribution in [0, 0.1) is 28.6 Å². The van der Waals surface area contributed by atoms with Crippen molar-refractivity contribution in [2.75, 3.05) is 0 Å². The molecule has 2 aliphatic carbocycles. The Labute approximate surface area is 121 Å². The van der Waals surface area contributed by atoms with Crippen molar-refractivity contribution in [3.8, 4) is 0 Å². The van der Waals surface area contributed by atoms with E-state index in [1.54, 1.807) is 6.08 Å². The van der Waals surface area contributed by atoms with Crippen molar-refractivity contribution in [2.24, 2.45) is 28.6 Å². The zero-order valence-corrected chi connectivity index (χ0v) is 13.2. The lowest BCUT2D eigenvalue weighted by molar-refractivity contribution is -0.140. The summed E-state index contributed by atoms with van der Waals surface area (Å²) in [6, 6.07) is 0. The van der Waals surface area contributed by atoms with Gasteiger partial charge in [-0.25, -0.2) is 0 Å². The third-order valence-corrected chi connectivity index (χ3v) is 5.79. The second-order valence-electron chi connectivity index (χ2n) is 7.67. The molecule has 0 aromatic heterocycles. The minimum atomic E-state index is -0.815. The van der Waals surface area contributed by atoms with Crippen LogP contribution in [0.1, 0.15) is 53.9 Å². The smallest absolute Gasteiger partial charge is 0.310 e. The predicted octanol–water partition coefficient (Wildman–Crippen LogP) is 3.68. The summed E-state index contributed by atoms with van der Waals surface area (Å²) in [5.74, 6) is -0.620. The minimum Gasteiger partial charge on any atom is -0.481 e. The van der Waals surface area contributed by atoms with Crippen LogP contribution in [-0.4, -0.2) is 16.9 Å². The van der Waals surface area contributed by atoms with Gasteiger partial charge in [0.2, 0.25) is 0 Å². The molecule has 0 unspecified atom stereocenters. The Hall–Kier alpha value is -1.12. The summed E-state index contributed by atoms with van der Waals surface area (Å²) < 4.78 is 0. The highest BCUT2D eigenvalue weighted by atomic mass is 16.4. The molecular weight excluding hydrogens is 252 g/mol. The second-order valence-corrected chi connectivity index (χ2v) is 7.67. The van der Waals surface area contributed by atoms with E-state index in [0.29, 0.717) is 12.3 Å². The first kappa shape index (κ1) is 15.3.